The van der Waals surface area contributed by atoms with Crippen LogP contribution < -0.4 is 5.32 Å². The molecule has 102 valence electrons. The van der Waals surface area contributed by atoms with E-state index in [9.17, 15) is 5.11 Å². The third kappa shape index (κ3) is 5.02. The molecule has 1 aromatic heterocycles. The Hall–Kier alpha value is -1.13. The molecule has 0 aliphatic carbocycles. The zero-order chi connectivity index (χ0) is 13.6. The molecule has 0 unspecified atom stereocenters. The van der Waals surface area contributed by atoms with E-state index in [2.05, 4.69) is 24.1 Å². The highest BCUT2D eigenvalue weighted by Crippen LogP contribution is 2.20. The maximum atomic E-state index is 9.62. The van der Waals surface area contributed by atoms with Crippen molar-refractivity contribution in [1.82, 2.24) is 10.3 Å². The molecule has 3 N–H and O–H groups in total. The number of aromatic nitrogens is 1. The van der Waals surface area contributed by atoms with Crippen molar-refractivity contribution in [2.45, 2.75) is 40.2 Å². The van der Waals surface area contributed by atoms with Gasteiger partial charge in [-0.15, -0.1) is 0 Å². The summed E-state index contributed by atoms with van der Waals surface area (Å²) >= 11 is 0. The Labute approximate surface area is 109 Å². The Kier molecular flexibility index (Phi) is 5.56. The number of nitrogens with one attached hydrogen (secondary N) is 1. The van der Waals surface area contributed by atoms with Gasteiger partial charge in [-0.2, -0.15) is 0 Å². The number of aliphatic hydroxyl groups excluding tert-OH is 1. The second kappa shape index (κ2) is 6.71. The number of aromatic hydroxyl groups is 1. The topological polar surface area (TPSA) is 65.4 Å². The highest BCUT2D eigenvalue weighted by Gasteiger charge is 2.15. The summed E-state index contributed by atoms with van der Waals surface area (Å²) in [4.78, 5) is 4.28. The van der Waals surface area contributed by atoms with E-state index >= 15 is 0 Å². The summed E-state index contributed by atoms with van der Waals surface area (Å²) in [6, 6.07) is 3.47. The fourth-order valence-electron chi connectivity index (χ4n) is 1.71. The van der Waals surface area contributed by atoms with Crippen LogP contribution in [0.1, 0.15) is 38.1 Å². The van der Waals surface area contributed by atoms with Crippen molar-refractivity contribution in [2.24, 2.45) is 5.41 Å². The summed E-state index contributed by atoms with van der Waals surface area (Å²) in [6.07, 6.45) is 1.98. The van der Waals surface area contributed by atoms with E-state index in [4.69, 9.17) is 5.11 Å². The zero-order valence-electron chi connectivity index (χ0n) is 11.5. The van der Waals surface area contributed by atoms with Crippen LogP contribution in [0.15, 0.2) is 12.1 Å². The van der Waals surface area contributed by atoms with Crippen molar-refractivity contribution in [3.63, 3.8) is 0 Å². The summed E-state index contributed by atoms with van der Waals surface area (Å²) in [5.41, 5.74) is 1.59. The average molecular weight is 252 g/mol. The lowest BCUT2D eigenvalue weighted by atomic mass is 9.89. The molecule has 0 saturated heterocycles. The van der Waals surface area contributed by atoms with Crippen molar-refractivity contribution < 1.29 is 10.2 Å². The van der Waals surface area contributed by atoms with E-state index in [0.29, 0.717) is 12.2 Å². The van der Waals surface area contributed by atoms with Crippen LogP contribution >= 0.6 is 0 Å². The summed E-state index contributed by atoms with van der Waals surface area (Å²) in [5.74, 6) is 0.240. The van der Waals surface area contributed by atoms with Gasteiger partial charge >= 0.3 is 0 Å². The van der Waals surface area contributed by atoms with Crippen LogP contribution in [0.4, 0.5) is 0 Å². The number of pyridine rings is 1. The van der Waals surface area contributed by atoms with Crippen molar-refractivity contribution in [1.29, 1.82) is 0 Å². The molecule has 0 fully saturated rings. The van der Waals surface area contributed by atoms with Crippen LogP contribution in [0.3, 0.4) is 0 Å². The number of nitrogens with zero attached hydrogens (tertiary/aromatic N) is 1. The van der Waals surface area contributed by atoms with Gasteiger partial charge in [0.2, 0.25) is 0 Å². The molecule has 4 heteroatoms. The number of aryl methyl sites for hydroxylation is 1. The molecule has 0 atom stereocenters. The SMILES string of the molecule is Cc1ccc(O)c(CNCCCC(C)(C)CO)n1. The minimum Gasteiger partial charge on any atom is -0.506 e. The highest BCUT2D eigenvalue weighted by molar-refractivity contribution is 5.27. The molecular weight excluding hydrogens is 228 g/mol. The van der Waals surface area contributed by atoms with E-state index in [0.717, 1.165) is 25.1 Å². The Morgan fingerprint density at radius 1 is 1.33 bits per heavy atom. The number of hydrogen-bond donors (Lipinski definition) is 3. The zero-order valence-corrected chi connectivity index (χ0v) is 11.5. The molecule has 1 heterocycles. The maximum absolute atomic E-state index is 9.62. The first-order valence-corrected chi connectivity index (χ1v) is 6.42. The Balaban J connectivity index is 2.28. The molecule has 1 aromatic rings. The number of aliphatic hydroxyl groups is 1. The average Bonchev–Trinajstić information content (AvgIpc) is 2.33. The van der Waals surface area contributed by atoms with Crippen LogP contribution in [0.25, 0.3) is 0 Å². The quantitative estimate of drug-likeness (QED) is 0.649. The van der Waals surface area contributed by atoms with Gasteiger partial charge < -0.3 is 15.5 Å². The van der Waals surface area contributed by atoms with E-state index in [1.807, 2.05) is 6.92 Å². The molecule has 0 saturated carbocycles. The van der Waals surface area contributed by atoms with Crippen molar-refractivity contribution >= 4 is 0 Å². The summed E-state index contributed by atoms with van der Waals surface area (Å²) < 4.78 is 0. The van der Waals surface area contributed by atoms with E-state index < -0.39 is 0 Å². The second-order valence-corrected chi connectivity index (χ2v) is 5.52. The molecule has 0 aromatic carbocycles. The molecule has 0 spiro atoms. The van der Waals surface area contributed by atoms with Gasteiger partial charge in [-0.1, -0.05) is 13.8 Å². The van der Waals surface area contributed by atoms with Gasteiger partial charge in [0.1, 0.15) is 5.75 Å². The van der Waals surface area contributed by atoms with Crippen LogP contribution in [0, 0.1) is 12.3 Å². The van der Waals surface area contributed by atoms with Gasteiger partial charge in [0.15, 0.2) is 0 Å². The maximum Gasteiger partial charge on any atom is 0.138 e. The van der Waals surface area contributed by atoms with Crippen LogP contribution in [-0.2, 0) is 6.54 Å². The Morgan fingerprint density at radius 3 is 2.72 bits per heavy atom. The third-order valence-electron chi connectivity index (χ3n) is 3.02. The van der Waals surface area contributed by atoms with E-state index in [-0.39, 0.29) is 17.8 Å². The van der Waals surface area contributed by atoms with Gasteiger partial charge in [0.25, 0.3) is 0 Å². The number of hydrogen-bond acceptors (Lipinski definition) is 4. The molecular formula is C14H24N2O2. The normalized spacial score (nSPS) is 11.8. The minimum atomic E-state index is -0.00853. The molecule has 0 aliphatic heterocycles. The molecule has 18 heavy (non-hydrogen) atoms. The Bertz CT molecular complexity index is 378. The van der Waals surface area contributed by atoms with Crippen molar-refractivity contribution in [3.05, 3.63) is 23.5 Å². The molecule has 1 rings (SSSR count). The first kappa shape index (κ1) is 14.9. The monoisotopic (exact) mass is 252 g/mol. The Morgan fingerprint density at radius 2 is 2.06 bits per heavy atom. The summed E-state index contributed by atoms with van der Waals surface area (Å²) in [6.45, 7) is 7.67. The van der Waals surface area contributed by atoms with E-state index in [1.54, 1.807) is 12.1 Å². The lowest BCUT2D eigenvalue weighted by Gasteiger charge is -2.21. The second-order valence-electron chi connectivity index (χ2n) is 5.52. The molecule has 0 bridgehead atoms. The predicted molar refractivity (Wildman–Crippen MR) is 72.4 cm³/mol. The van der Waals surface area contributed by atoms with Crippen LogP contribution in [-0.4, -0.2) is 28.3 Å². The lowest BCUT2D eigenvalue weighted by Crippen LogP contribution is -2.21. The molecule has 0 radical (unpaired) electrons. The number of rotatable bonds is 7. The summed E-state index contributed by atoms with van der Waals surface area (Å²) in [5, 5.41) is 22.0. The van der Waals surface area contributed by atoms with Crippen molar-refractivity contribution in [3.8, 4) is 5.75 Å². The predicted octanol–water partition coefficient (Wildman–Crippen LogP) is 1.98. The van der Waals surface area contributed by atoms with Crippen LogP contribution in [0.2, 0.25) is 0 Å². The summed E-state index contributed by atoms with van der Waals surface area (Å²) in [7, 11) is 0. The highest BCUT2D eigenvalue weighted by atomic mass is 16.3. The molecule has 0 amide bonds. The van der Waals surface area contributed by atoms with E-state index in [1.165, 1.54) is 0 Å². The molecule has 0 aliphatic rings. The smallest absolute Gasteiger partial charge is 0.138 e. The van der Waals surface area contributed by atoms with Crippen LogP contribution in [0.5, 0.6) is 5.75 Å². The van der Waals surface area contributed by atoms with Gasteiger partial charge in [0, 0.05) is 18.8 Å². The van der Waals surface area contributed by atoms with Gasteiger partial charge in [-0.25, -0.2) is 0 Å². The van der Waals surface area contributed by atoms with Gasteiger partial charge in [0.05, 0.1) is 5.69 Å². The third-order valence-corrected chi connectivity index (χ3v) is 3.02. The first-order valence-electron chi connectivity index (χ1n) is 6.42. The lowest BCUT2D eigenvalue weighted by molar-refractivity contribution is 0.148. The van der Waals surface area contributed by atoms with Crippen molar-refractivity contribution in [2.75, 3.05) is 13.2 Å². The molecule has 4 nitrogen and oxygen atoms in total. The largest absolute Gasteiger partial charge is 0.506 e. The first-order chi connectivity index (χ1) is 8.44. The van der Waals surface area contributed by atoms with Gasteiger partial charge in [-0.05, 0) is 43.9 Å². The van der Waals surface area contributed by atoms with Gasteiger partial charge in [-0.3, -0.25) is 4.98 Å². The minimum absolute atomic E-state index is 0.00853. The fraction of sp³-hybridized carbons (Fsp3) is 0.643. The fourth-order valence-corrected chi connectivity index (χ4v) is 1.71. The standard InChI is InChI=1S/C14H24N2O2/c1-11-5-6-13(18)12(16-11)9-15-8-4-7-14(2,3)10-17/h5-6,15,17-18H,4,7-10H2,1-3H3.